The van der Waals surface area contributed by atoms with Crippen LogP contribution in [0.1, 0.15) is 40.5 Å². The van der Waals surface area contributed by atoms with Gasteiger partial charge in [0.05, 0.1) is 6.54 Å². The highest BCUT2D eigenvalue weighted by Gasteiger charge is 2.28. The Morgan fingerprint density at radius 3 is 2.44 bits per heavy atom. The molecule has 104 valence electrons. The van der Waals surface area contributed by atoms with Crippen molar-refractivity contribution in [1.29, 1.82) is 0 Å². The van der Waals surface area contributed by atoms with Crippen molar-refractivity contribution in [2.24, 2.45) is 10.9 Å². The number of rotatable bonds is 5. The highest BCUT2D eigenvalue weighted by molar-refractivity contribution is 5.81. The molecule has 3 N–H and O–H groups in total. The van der Waals surface area contributed by atoms with E-state index in [4.69, 9.17) is 0 Å². The molecule has 1 saturated carbocycles. The topological polar surface area (TPSA) is 65.5 Å². The van der Waals surface area contributed by atoms with Crippen molar-refractivity contribution in [2.45, 2.75) is 46.1 Å². The van der Waals surface area contributed by atoms with Gasteiger partial charge in [0.1, 0.15) is 0 Å². The summed E-state index contributed by atoms with van der Waals surface area (Å²) in [6, 6.07) is 0. The first kappa shape index (κ1) is 14.8. The van der Waals surface area contributed by atoms with Crippen molar-refractivity contribution >= 4 is 11.9 Å². The van der Waals surface area contributed by atoms with Crippen LogP contribution >= 0.6 is 0 Å². The third-order valence-corrected chi connectivity index (χ3v) is 2.47. The number of aliphatic imine (C=N–C) groups is 1. The molecule has 0 spiro atoms. The number of nitrogens with one attached hydrogen (secondary N) is 3. The van der Waals surface area contributed by atoms with E-state index >= 15 is 0 Å². The summed E-state index contributed by atoms with van der Waals surface area (Å²) in [6.07, 6.45) is 2.09. The van der Waals surface area contributed by atoms with Gasteiger partial charge in [-0.05, 0) is 40.5 Å². The molecule has 1 fully saturated rings. The van der Waals surface area contributed by atoms with E-state index in [-0.39, 0.29) is 17.4 Å². The molecule has 0 aliphatic heterocycles. The van der Waals surface area contributed by atoms with E-state index in [1.54, 1.807) is 0 Å². The number of hydrogen-bond donors (Lipinski definition) is 3. The number of carbonyl (C=O) groups excluding carboxylic acids is 1. The number of hydrogen-bond acceptors (Lipinski definition) is 2. The summed E-state index contributed by atoms with van der Waals surface area (Å²) in [5.74, 6) is 1.25. The van der Waals surface area contributed by atoms with Gasteiger partial charge in [0.15, 0.2) is 5.96 Å². The predicted octanol–water partition coefficient (Wildman–Crippen LogP) is 0.866. The first-order valence-electron chi connectivity index (χ1n) is 6.76. The maximum Gasteiger partial charge on any atom is 0.223 e. The summed E-state index contributed by atoms with van der Waals surface area (Å²) in [4.78, 5) is 15.8. The number of guanidine groups is 1. The average Bonchev–Trinajstić information content (AvgIpc) is 3.05. The number of amides is 1. The molecule has 0 radical (unpaired) electrons. The predicted molar refractivity (Wildman–Crippen MR) is 74.6 cm³/mol. The molecule has 0 saturated heterocycles. The van der Waals surface area contributed by atoms with Crippen LogP contribution in [0.5, 0.6) is 0 Å². The van der Waals surface area contributed by atoms with E-state index in [0.29, 0.717) is 13.1 Å². The monoisotopic (exact) mass is 254 g/mol. The van der Waals surface area contributed by atoms with Gasteiger partial charge in [0, 0.05) is 24.5 Å². The number of nitrogens with zero attached hydrogens (tertiary/aromatic N) is 1. The second-order valence-electron chi connectivity index (χ2n) is 5.70. The van der Waals surface area contributed by atoms with E-state index in [1.165, 1.54) is 0 Å². The van der Waals surface area contributed by atoms with E-state index in [0.717, 1.165) is 25.3 Å². The van der Waals surface area contributed by atoms with Crippen molar-refractivity contribution in [3.05, 3.63) is 0 Å². The molecule has 0 unspecified atom stereocenters. The van der Waals surface area contributed by atoms with Crippen molar-refractivity contribution in [1.82, 2.24) is 16.0 Å². The molecule has 0 aromatic rings. The third kappa shape index (κ3) is 6.47. The van der Waals surface area contributed by atoms with E-state index < -0.39 is 0 Å². The third-order valence-electron chi connectivity index (χ3n) is 2.47. The SMILES string of the molecule is CCNC(=NCCNC(=O)C1CC1)NC(C)(C)C. The molecule has 0 bridgehead atoms. The summed E-state index contributed by atoms with van der Waals surface area (Å²) in [6.45, 7) is 10.4. The molecular weight excluding hydrogens is 228 g/mol. The molecule has 0 heterocycles. The van der Waals surface area contributed by atoms with Gasteiger partial charge in [-0.25, -0.2) is 0 Å². The van der Waals surface area contributed by atoms with Crippen molar-refractivity contribution in [3.8, 4) is 0 Å². The highest BCUT2D eigenvalue weighted by Crippen LogP contribution is 2.28. The normalized spacial score (nSPS) is 16.3. The molecular formula is C13H26N4O. The van der Waals surface area contributed by atoms with Crippen molar-refractivity contribution in [3.63, 3.8) is 0 Å². The summed E-state index contributed by atoms with van der Waals surface area (Å²) in [7, 11) is 0. The van der Waals surface area contributed by atoms with Crippen LogP contribution in [0.15, 0.2) is 4.99 Å². The zero-order chi connectivity index (χ0) is 13.6. The summed E-state index contributed by atoms with van der Waals surface area (Å²) < 4.78 is 0. The zero-order valence-corrected chi connectivity index (χ0v) is 12.0. The van der Waals surface area contributed by atoms with Crippen molar-refractivity contribution < 1.29 is 4.79 Å². The molecule has 0 aromatic heterocycles. The Labute approximate surface area is 110 Å². The standard InChI is InChI=1S/C13H26N4O/c1-5-14-12(17-13(2,3)4)16-9-8-15-11(18)10-6-7-10/h10H,5-9H2,1-4H3,(H,15,18)(H2,14,16,17). The minimum absolute atomic E-state index is 0.0156. The van der Waals surface area contributed by atoms with Crippen LogP contribution < -0.4 is 16.0 Å². The Kier molecular flexibility index (Phi) is 5.44. The number of carbonyl (C=O) groups is 1. The van der Waals surface area contributed by atoms with Gasteiger partial charge in [0.25, 0.3) is 0 Å². The van der Waals surface area contributed by atoms with E-state index in [9.17, 15) is 4.79 Å². The molecule has 1 aliphatic rings. The van der Waals surface area contributed by atoms with Crippen LogP contribution in [-0.4, -0.2) is 37.0 Å². The fraction of sp³-hybridized carbons (Fsp3) is 0.846. The van der Waals surface area contributed by atoms with Gasteiger partial charge in [-0.1, -0.05) is 0 Å². The highest BCUT2D eigenvalue weighted by atomic mass is 16.2. The van der Waals surface area contributed by atoms with E-state index in [2.05, 4.69) is 41.7 Å². The Balaban J connectivity index is 2.27. The van der Waals surface area contributed by atoms with Crippen molar-refractivity contribution in [2.75, 3.05) is 19.6 Å². The fourth-order valence-corrected chi connectivity index (χ4v) is 1.50. The molecule has 1 rings (SSSR count). The van der Waals surface area contributed by atoms with E-state index in [1.807, 2.05) is 6.92 Å². The second-order valence-corrected chi connectivity index (χ2v) is 5.70. The summed E-state index contributed by atoms with van der Waals surface area (Å²) >= 11 is 0. The molecule has 0 atom stereocenters. The Morgan fingerprint density at radius 2 is 1.94 bits per heavy atom. The summed E-state index contributed by atoms with van der Waals surface area (Å²) in [5.41, 5.74) is -0.0156. The van der Waals surface area contributed by atoms with Crippen LogP contribution in [0.4, 0.5) is 0 Å². The van der Waals surface area contributed by atoms with Crippen LogP contribution in [0.25, 0.3) is 0 Å². The Hall–Kier alpha value is -1.26. The molecule has 0 aromatic carbocycles. The second kappa shape index (κ2) is 6.61. The molecule has 5 heteroatoms. The smallest absolute Gasteiger partial charge is 0.223 e. The summed E-state index contributed by atoms with van der Waals surface area (Å²) in [5, 5.41) is 9.40. The minimum atomic E-state index is -0.0156. The largest absolute Gasteiger partial charge is 0.357 e. The van der Waals surface area contributed by atoms with Gasteiger partial charge in [-0.3, -0.25) is 9.79 Å². The maximum atomic E-state index is 11.4. The Bertz CT molecular complexity index is 303. The van der Waals surface area contributed by atoms with Crippen LogP contribution in [0.3, 0.4) is 0 Å². The van der Waals surface area contributed by atoms with Gasteiger partial charge in [0.2, 0.25) is 5.91 Å². The molecule has 5 nitrogen and oxygen atoms in total. The van der Waals surface area contributed by atoms with Crippen LogP contribution in [0.2, 0.25) is 0 Å². The van der Waals surface area contributed by atoms with Gasteiger partial charge >= 0.3 is 0 Å². The van der Waals surface area contributed by atoms with Gasteiger partial charge < -0.3 is 16.0 Å². The molecule has 1 aliphatic carbocycles. The van der Waals surface area contributed by atoms with Crippen LogP contribution in [-0.2, 0) is 4.79 Å². The lowest BCUT2D eigenvalue weighted by Gasteiger charge is -2.23. The first-order valence-corrected chi connectivity index (χ1v) is 6.76. The minimum Gasteiger partial charge on any atom is -0.357 e. The van der Waals surface area contributed by atoms with Gasteiger partial charge in [-0.2, -0.15) is 0 Å². The molecule has 18 heavy (non-hydrogen) atoms. The fourth-order valence-electron chi connectivity index (χ4n) is 1.50. The molecule has 1 amide bonds. The quantitative estimate of drug-likeness (QED) is 0.387. The average molecular weight is 254 g/mol. The first-order chi connectivity index (χ1) is 8.42. The Morgan fingerprint density at radius 1 is 1.28 bits per heavy atom. The van der Waals surface area contributed by atoms with Gasteiger partial charge in [-0.15, -0.1) is 0 Å². The lowest BCUT2D eigenvalue weighted by atomic mass is 10.1. The zero-order valence-electron chi connectivity index (χ0n) is 12.0. The lowest BCUT2D eigenvalue weighted by Crippen LogP contribution is -2.47. The van der Waals surface area contributed by atoms with Crippen LogP contribution in [0, 0.1) is 5.92 Å². The lowest BCUT2D eigenvalue weighted by molar-refractivity contribution is -0.122. The maximum absolute atomic E-state index is 11.4.